The summed E-state index contributed by atoms with van der Waals surface area (Å²) in [5.74, 6) is 0.182. The van der Waals surface area contributed by atoms with Crippen LogP contribution >= 0.6 is 34.8 Å². The van der Waals surface area contributed by atoms with E-state index in [4.69, 9.17) is 44.3 Å². The van der Waals surface area contributed by atoms with Gasteiger partial charge in [0.25, 0.3) is 0 Å². The van der Waals surface area contributed by atoms with Gasteiger partial charge in [-0.3, -0.25) is 0 Å². The van der Waals surface area contributed by atoms with E-state index in [1.807, 2.05) is 19.1 Å². The van der Waals surface area contributed by atoms with E-state index in [2.05, 4.69) is 0 Å². The zero-order valence-electron chi connectivity index (χ0n) is 11.9. The number of benzene rings is 2. The summed E-state index contributed by atoms with van der Waals surface area (Å²) in [5.41, 5.74) is 1.08. The number of carbonyl (C=O) groups is 1. The highest BCUT2D eigenvalue weighted by Crippen LogP contribution is 2.34. The van der Waals surface area contributed by atoms with Crippen LogP contribution in [-0.2, 0) is 4.79 Å². The molecular formula is C16H13Cl3O3. The maximum absolute atomic E-state index is 12.0. The molecule has 0 aromatic heterocycles. The topological polar surface area (TPSA) is 35.5 Å². The molecule has 6 heteroatoms. The Hall–Kier alpha value is -1.42. The lowest BCUT2D eigenvalue weighted by Gasteiger charge is -2.15. The molecule has 0 aliphatic heterocycles. The lowest BCUT2D eigenvalue weighted by atomic mass is 10.2. The minimum Gasteiger partial charge on any atom is -0.477 e. The lowest BCUT2D eigenvalue weighted by molar-refractivity contribution is -0.141. The van der Waals surface area contributed by atoms with Crippen molar-refractivity contribution in [2.24, 2.45) is 0 Å². The van der Waals surface area contributed by atoms with Crippen LogP contribution in [0.25, 0.3) is 0 Å². The van der Waals surface area contributed by atoms with Gasteiger partial charge in [0.15, 0.2) is 6.10 Å². The van der Waals surface area contributed by atoms with Crippen LogP contribution < -0.4 is 9.47 Å². The van der Waals surface area contributed by atoms with Crippen LogP contribution in [0.5, 0.6) is 11.5 Å². The average Bonchev–Trinajstić information content (AvgIpc) is 2.47. The number of ether oxygens (including phenoxy) is 2. The number of hydrogen-bond donors (Lipinski definition) is 0. The highest BCUT2D eigenvalue weighted by molar-refractivity contribution is 6.43. The van der Waals surface area contributed by atoms with E-state index in [0.717, 1.165) is 5.56 Å². The maximum Gasteiger partial charge on any atom is 0.352 e. The quantitative estimate of drug-likeness (QED) is 0.420. The second-order valence-corrected chi connectivity index (χ2v) is 5.91. The third-order valence-corrected chi connectivity index (χ3v) is 3.87. The number of carbonyl (C=O) groups excluding carboxylic acids is 1. The van der Waals surface area contributed by atoms with Gasteiger partial charge < -0.3 is 9.47 Å². The van der Waals surface area contributed by atoms with Gasteiger partial charge in [0.2, 0.25) is 0 Å². The van der Waals surface area contributed by atoms with Gasteiger partial charge in [-0.15, -0.1) is 0 Å². The minimum atomic E-state index is -0.851. The molecule has 0 bridgehead atoms. The fourth-order valence-corrected chi connectivity index (χ4v) is 2.22. The fraction of sp³-hybridized carbons (Fsp3) is 0.188. The van der Waals surface area contributed by atoms with Gasteiger partial charge in [0, 0.05) is 6.07 Å². The van der Waals surface area contributed by atoms with Crippen LogP contribution in [0.4, 0.5) is 0 Å². The maximum atomic E-state index is 12.0. The molecule has 0 N–H and O–H groups in total. The molecule has 0 aliphatic rings. The molecule has 2 aromatic rings. The summed E-state index contributed by atoms with van der Waals surface area (Å²) in [5, 5.41) is 0.874. The molecule has 0 saturated heterocycles. The van der Waals surface area contributed by atoms with Crippen molar-refractivity contribution in [2.75, 3.05) is 0 Å². The largest absolute Gasteiger partial charge is 0.477 e. The summed E-state index contributed by atoms with van der Waals surface area (Å²) in [7, 11) is 0. The van der Waals surface area contributed by atoms with Gasteiger partial charge in [-0.05, 0) is 32.0 Å². The molecule has 0 amide bonds. The van der Waals surface area contributed by atoms with Crippen molar-refractivity contribution in [1.82, 2.24) is 0 Å². The Morgan fingerprint density at radius 1 is 1.00 bits per heavy atom. The Bertz CT molecular complexity index is 684. The van der Waals surface area contributed by atoms with Gasteiger partial charge in [-0.2, -0.15) is 0 Å². The Morgan fingerprint density at radius 2 is 1.59 bits per heavy atom. The highest BCUT2D eigenvalue weighted by atomic mass is 35.5. The van der Waals surface area contributed by atoms with Crippen LogP contribution in [0.1, 0.15) is 12.5 Å². The molecule has 3 nitrogen and oxygen atoms in total. The van der Waals surface area contributed by atoms with E-state index >= 15 is 0 Å². The Morgan fingerprint density at radius 3 is 2.23 bits per heavy atom. The molecule has 116 valence electrons. The summed E-state index contributed by atoms with van der Waals surface area (Å²) >= 11 is 17.8. The van der Waals surface area contributed by atoms with E-state index in [0.29, 0.717) is 15.8 Å². The predicted molar refractivity (Wildman–Crippen MR) is 88.4 cm³/mol. The third-order valence-electron chi connectivity index (χ3n) is 2.85. The number of rotatable bonds is 4. The zero-order chi connectivity index (χ0) is 16.3. The third kappa shape index (κ3) is 4.29. The van der Waals surface area contributed by atoms with E-state index in [1.54, 1.807) is 19.1 Å². The summed E-state index contributed by atoms with van der Waals surface area (Å²) in [6.07, 6.45) is -0.851. The van der Waals surface area contributed by atoms with Crippen LogP contribution in [0.15, 0.2) is 36.4 Å². The zero-order valence-corrected chi connectivity index (χ0v) is 14.2. The van der Waals surface area contributed by atoms with Crippen LogP contribution in [-0.4, -0.2) is 12.1 Å². The molecule has 0 saturated carbocycles. The van der Waals surface area contributed by atoms with Gasteiger partial charge in [0.1, 0.15) is 11.5 Å². The van der Waals surface area contributed by atoms with Crippen LogP contribution in [0.2, 0.25) is 15.1 Å². The molecule has 22 heavy (non-hydrogen) atoms. The van der Waals surface area contributed by atoms with E-state index in [1.165, 1.54) is 12.1 Å². The first-order valence-corrected chi connectivity index (χ1v) is 7.60. The van der Waals surface area contributed by atoms with Gasteiger partial charge in [-0.25, -0.2) is 4.79 Å². The summed E-state index contributed by atoms with van der Waals surface area (Å²) < 4.78 is 10.7. The van der Waals surface area contributed by atoms with Gasteiger partial charge >= 0.3 is 5.97 Å². The van der Waals surface area contributed by atoms with Crippen molar-refractivity contribution in [2.45, 2.75) is 20.0 Å². The first kappa shape index (κ1) is 16.9. The summed E-state index contributed by atoms with van der Waals surface area (Å²) in [6, 6.07) is 10.0. The van der Waals surface area contributed by atoms with E-state index < -0.39 is 12.1 Å². The number of esters is 1. The van der Waals surface area contributed by atoms with E-state index in [-0.39, 0.29) is 10.8 Å². The van der Waals surface area contributed by atoms with E-state index in [9.17, 15) is 4.79 Å². The number of halogens is 3. The first-order valence-electron chi connectivity index (χ1n) is 6.46. The highest BCUT2D eigenvalue weighted by Gasteiger charge is 2.19. The SMILES string of the molecule is Cc1ccc(OC(=O)C(C)Oc2cc(Cl)c(Cl)cc2Cl)cc1. The Labute approximate surface area is 143 Å². The molecule has 0 heterocycles. The minimum absolute atomic E-state index is 0.268. The molecular weight excluding hydrogens is 347 g/mol. The smallest absolute Gasteiger partial charge is 0.352 e. The average molecular weight is 360 g/mol. The second kappa shape index (κ2) is 7.23. The lowest BCUT2D eigenvalue weighted by Crippen LogP contribution is -2.28. The Balaban J connectivity index is 2.05. The van der Waals surface area contributed by atoms with Crippen LogP contribution in [0, 0.1) is 6.92 Å². The molecule has 1 atom stereocenters. The molecule has 0 aliphatic carbocycles. The fourth-order valence-electron chi connectivity index (χ4n) is 1.64. The van der Waals surface area contributed by atoms with Crippen molar-refractivity contribution < 1.29 is 14.3 Å². The van der Waals surface area contributed by atoms with Gasteiger partial charge in [0.05, 0.1) is 15.1 Å². The monoisotopic (exact) mass is 358 g/mol. The summed E-state index contributed by atoms with van der Waals surface area (Å²) in [6.45, 7) is 3.51. The molecule has 0 fully saturated rings. The number of aryl methyl sites for hydroxylation is 1. The predicted octanol–water partition coefficient (Wildman–Crippen LogP) is 5.33. The molecule has 0 spiro atoms. The number of hydrogen-bond acceptors (Lipinski definition) is 3. The summed E-state index contributed by atoms with van der Waals surface area (Å²) in [4.78, 5) is 12.0. The molecule has 0 radical (unpaired) electrons. The Kier molecular flexibility index (Phi) is 5.57. The molecule has 1 unspecified atom stereocenters. The van der Waals surface area contributed by atoms with Crippen molar-refractivity contribution in [3.8, 4) is 11.5 Å². The normalized spacial score (nSPS) is 11.9. The van der Waals surface area contributed by atoms with Crippen molar-refractivity contribution in [3.63, 3.8) is 0 Å². The van der Waals surface area contributed by atoms with Crippen molar-refractivity contribution >= 4 is 40.8 Å². The van der Waals surface area contributed by atoms with Gasteiger partial charge in [-0.1, -0.05) is 52.5 Å². The van der Waals surface area contributed by atoms with Crippen molar-refractivity contribution in [3.05, 3.63) is 57.0 Å². The molecule has 2 aromatic carbocycles. The van der Waals surface area contributed by atoms with Crippen molar-refractivity contribution in [1.29, 1.82) is 0 Å². The molecule has 2 rings (SSSR count). The second-order valence-electron chi connectivity index (χ2n) is 4.69. The standard InChI is InChI=1S/C16H13Cl3O3/c1-9-3-5-11(6-4-9)22-16(20)10(2)21-15-8-13(18)12(17)7-14(15)19/h3-8,10H,1-2H3. The van der Waals surface area contributed by atoms with Crippen LogP contribution in [0.3, 0.4) is 0 Å². The first-order chi connectivity index (χ1) is 10.4.